The molecule has 2 rings (SSSR count). The third-order valence-electron chi connectivity index (χ3n) is 15.8. The van der Waals surface area contributed by atoms with Crippen molar-refractivity contribution >= 4 is 11.9 Å². The Bertz CT molecular complexity index is 1850. The van der Waals surface area contributed by atoms with Gasteiger partial charge in [0.25, 0.3) is 0 Å². The van der Waals surface area contributed by atoms with E-state index < -0.39 is 0 Å². The molecule has 0 saturated carbocycles. The van der Waals surface area contributed by atoms with E-state index in [0.717, 1.165) is 51.4 Å². The number of carbonyl (C=O) groups is 2. The molecule has 2 aliphatic carbocycles. The number of esters is 2. The van der Waals surface area contributed by atoms with Crippen LogP contribution in [0.1, 0.15) is 289 Å². The number of hydrogen-bond donors (Lipinski definition) is 0. The molecule has 2 aliphatic rings. The van der Waals surface area contributed by atoms with E-state index in [1.165, 1.54) is 186 Å². The summed E-state index contributed by atoms with van der Waals surface area (Å²) >= 11 is 0. The number of carbonyl (C=O) groups excluding carboxylic acids is 2. The average molecular weight is 1050 g/mol. The third kappa shape index (κ3) is 32.7. The fraction of sp³-hybridized carbons (Fsp3) is 0.667. The van der Waals surface area contributed by atoms with Gasteiger partial charge < -0.3 is 9.47 Å². The van der Waals surface area contributed by atoms with Crippen molar-refractivity contribution in [3.05, 3.63) is 130 Å². The van der Waals surface area contributed by atoms with Gasteiger partial charge in [0.05, 0.1) is 0 Å². The van der Waals surface area contributed by atoms with Gasteiger partial charge in [0.2, 0.25) is 0 Å². The van der Waals surface area contributed by atoms with Crippen molar-refractivity contribution in [1.29, 1.82) is 0 Å². The first-order valence-electron chi connectivity index (χ1n) is 31.3. The minimum absolute atomic E-state index is 0.0252. The fourth-order valence-electron chi connectivity index (χ4n) is 11.3. The molecular weight excluding hydrogens is 929 g/mol. The van der Waals surface area contributed by atoms with Gasteiger partial charge in [0, 0.05) is 25.7 Å². The molecule has 0 fully saturated rings. The molecule has 0 aromatic heterocycles. The van der Waals surface area contributed by atoms with Crippen molar-refractivity contribution in [2.45, 2.75) is 301 Å². The monoisotopic (exact) mass is 1040 g/mol. The van der Waals surface area contributed by atoms with Gasteiger partial charge in [-0.1, -0.05) is 314 Å². The lowest BCUT2D eigenvalue weighted by Gasteiger charge is -2.37. The lowest BCUT2D eigenvalue weighted by Crippen LogP contribution is -2.31. The molecule has 76 heavy (non-hydrogen) atoms. The largest absolute Gasteiger partial charge is 0.462 e. The molecule has 0 amide bonds. The molecule has 0 unspecified atom stereocenters. The van der Waals surface area contributed by atoms with Crippen LogP contribution < -0.4 is 0 Å². The summed E-state index contributed by atoms with van der Waals surface area (Å²) in [4.78, 5) is 25.6. The number of hydrogen-bond acceptors (Lipinski definition) is 4. The van der Waals surface area contributed by atoms with Gasteiger partial charge in [-0.3, -0.25) is 9.59 Å². The van der Waals surface area contributed by atoms with Gasteiger partial charge in [-0.05, 0) is 89.2 Å². The Morgan fingerprint density at radius 1 is 0.408 bits per heavy atom. The Balaban J connectivity index is 1.73. The molecular formula is C72H116O4. The van der Waals surface area contributed by atoms with Crippen LogP contribution in [0.4, 0.5) is 0 Å². The minimum atomic E-state index is -0.0573. The fourth-order valence-corrected chi connectivity index (χ4v) is 11.3. The summed E-state index contributed by atoms with van der Waals surface area (Å²) < 4.78 is 12.1. The van der Waals surface area contributed by atoms with Crippen LogP contribution >= 0.6 is 0 Å². The number of ether oxygens (including phenoxy) is 2. The maximum absolute atomic E-state index is 12.8. The van der Waals surface area contributed by atoms with E-state index in [4.69, 9.17) is 9.47 Å². The Morgan fingerprint density at radius 3 is 0.961 bits per heavy atom. The molecule has 2 atom stereocenters. The van der Waals surface area contributed by atoms with E-state index in [1.54, 1.807) is 0 Å². The zero-order valence-corrected chi connectivity index (χ0v) is 51.5. The minimum Gasteiger partial charge on any atom is -0.462 e. The lowest BCUT2D eigenvalue weighted by molar-refractivity contribution is -0.151. The highest BCUT2D eigenvalue weighted by molar-refractivity contribution is 5.70. The van der Waals surface area contributed by atoms with Gasteiger partial charge in [-0.2, -0.15) is 0 Å². The summed E-state index contributed by atoms with van der Waals surface area (Å²) in [5, 5.41) is 0. The molecule has 0 heterocycles. The highest BCUT2D eigenvalue weighted by Crippen LogP contribution is 2.43. The smallest absolute Gasteiger partial charge is 0.306 e. The lowest BCUT2D eigenvalue weighted by atomic mass is 9.71. The molecule has 428 valence electrons. The quantitative estimate of drug-likeness (QED) is 0.0349. The van der Waals surface area contributed by atoms with Gasteiger partial charge in [-0.25, -0.2) is 0 Å². The Morgan fingerprint density at radius 2 is 0.671 bits per heavy atom. The maximum atomic E-state index is 12.8. The summed E-state index contributed by atoms with van der Waals surface area (Å²) in [6.07, 6.45) is 68.6. The SMILES string of the molecule is CCCCCCCCCCCCCCCC(=O)O[C@@H]1CC(C)=C(/C=C/C(C)=C\C=C/C(C)=C/C=C/C=C(C)/C=C/C=C(C)/C=C/C2=C(C)C[C@@H](OC(=O)CCCCCCCCCCCCCCC)CC2(C)C)C(C)(C)C1. The van der Waals surface area contributed by atoms with Crippen LogP contribution in [0.5, 0.6) is 0 Å². The van der Waals surface area contributed by atoms with E-state index in [9.17, 15) is 9.59 Å². The Hall–Kier alpha value is -3.92. The van der Waals surface area contributed by atoms with Crippen LogP contribution in [0.3, 0.4) is 0 Å². The van der Waals surface area contributed by atoms with E-state index in [2.05, 4.69) is 168 Å². The molecule has 4 nitrogen and oxygen atoms in total. The highest BCUT2D eigenvalue weighted by Gasteiger charge is 2.35. The molecule has 0 aliphatic heterocycles. The van der Waals surface area contributed by atoms with E-state index >= 15 is 0 Å². The molecule has 4 heteroatoms. The van der Waals surface area contributed by atoms with Crippen LogP contribution in [-0.4, -0.2) is 24.1 Å². The first kappa shape index (κ1) is 68.2. The molecule has 0 radical (unpaired) electrons. The zero-order chi connectivity index (χ0) is 55.9. The summed E-state index contributed by atoms with van der Waals surface area (Å²) in [5.74, 6) is -0.0504. The van der Waals surface area contributed by atoms with Crippen LogP contribution in [-0.2, 0) is 19.1 Å². The Labute approximate surface area is 470 Å². The van der Waals surface area contributed by atoms with E-state index in [0.29, 0.717) is 12.8 Å². The Kier molecular flexibility index (Phi) is 36.9. The van der Waals surface area contributed by atoms with E-state index in [1.807, 2.05) is 0 Å². The predicted octanol–water partition coefficient (Wildman–Crippen LogP) is 22.6. The van der Waals surface area contributed by atoms with E-state index in [-0.39, 0.29) is 35.0 Å². The third-order valence-corrected chi connectivity index (χ3v) is 15.8. The first-order valence-corrected chi connectivity index (χ1v) is 31.3. The molecule has 0 aromatic carbocycles. The van der Waals surface area contributed by atoms with Gasteiger partial charge in [0.1, 0.15) is 12.2 Å². The van der Waals surface area contributed by atoms with Crippen molar-refractivity contribution in [3.8, 4) is 0 Å². The van der Waals surface area contributed by atoms with Gasteiger partial charge in [0.15, 0.2) is 0 Å². The van der Waals surface area contributed by atoms with Crippen molar-refractivity contribution in [3.63, 3.8) is 0 Å². The normalized spacial score (nSPS) is 19.0. The van der Waals surface area contributed by atoms with Crippen molar-refractivity contribution in [2.75, 3.05) is 0 Å². The summed E-state index contributed by atoms with van der Waals surface area (Å²) in [5.41, 5.74) is 9.98. The average Bonchev–Trinajstić information content (AvgIpc) is 3.34. The standard InChI is InChI=1S/C72H116O4/c1-13-15-17-19-21-23-25-27-29-31-33-35-37-49-69(73)75-65-55-63(7)67(71(9,10)57-65)53-51-61(5)47-41-45-59(3)43-39-40-44-60(4)46-42-48-62(6)52-54-68-64(8)56-66(58-72(68,11)12)76-70(74)50-38-36-34-32-30-28-26-24-22-20-18-16-14-2/h39-48,51-54,65-66H,13-38,49-50,55-58H2,1-12H3/b40-39+,45-41-,46-42+,53-51+,54-52+,59-43+,60-44+,61-47-,62-48+/t65-,66-/m1/s1. The topological polar surface area (TPSA) is 52.6 Å². The van der Waals surface area contributed by atoms with Crippen molar-refractivity contribution < 1.29 is 19.1 Å². The van der Waals surface area contributed by atoms with Gasteiger partial charge >= 0.3 is 11.9 Å². The first-order chi connectivity index (χ1) is 36.5. The summed E-state index contributed by atoms with van der Waals surface area (Å²) in [6.45, 7) is 26.6. The predicted molar refractivity (Wildman–Crippen MR) is 333 cm³/mol. The molecule has 0 aromatic rings. The van der Waals surface area contributed by atoms with Crippen LogP contribution in [0, 0.1) is 10.8 Å². The molecule has 0 bridgehead atoms. The number of rotatable bonds is 40. The van der Waals surface area contributed by atoms with Crippen molar-refractivity contribution in [2.24, 2.45) is 10.8 Å². The number of unbranched alkanes of at least 4 members (excludes halogenated alkanes) is 24. The maximum Gasteiger partial charge on any atom is 0.306 e. The van der Waals surface area contributed by atoms with Crippen molar-refractivity contribution in [1.82, 2.24) is 0 Å². The second-order valence-electron chi connectivity index (χ2n) is 24.6. The van der Waals surface area contributed by atoms with Crippen LogP contribution in [0.25, 0.3) is 0 Å². The summed E-state index contributed by atoms with van der Waals surface area (Å²) in [6, 6.07) is 0. The molecule has 0 spiro atoms. The summed E-state index contributed by atoms with van der Waals surface area (Å²) in [7, 11) is 0. The molecule has 0 saturated heterocycles. The second kappa shape index (κ2) is 41.2. The van der Waals surface area contributed by atoms with Crippen LogP contribution in [0.15, 0.2) is 130 Å². The van der Waals surface area contributed by atoms with Crippen LogP contribution in [0.2, 0.25) is 0 Å². The highest BCUT2D eigenvalue weighted by atomic mass is 16.5. The van der Waals surface area contributed by atoms with Gasteiger partial charge in [-0.15, -0.1) is 0 Å². The number of allylic oxidation sites excluding steroid dienone is 20. The molecule has 0 N–H and O–H groups in total. The second-order valence-corrected chi connectivity index (χ2v) is 24.6. The zero-order valence-electron chi connectivity index (χ0n) is 51.5.